The molecule has 2 aromatic heterocycles. The molecule has 0 saturated carbocycles. The molecule has 0 aliphatic heterocycles. The Bertz CT molecular complexity index is 731. The number of nitrogens with zero attached hydrogens (tertiary/aromatic N) is 3. The average Bonchev–Trinajstić information content (AvgIpc) is 2.71. The molecule has 0 amide bonds. The number of fused-ring (bicyclic) bond motifs is 1. The standard InChI is InChI=1S/C14H12BrN3/c1-9-5-6-11(8-10(9)2)18-14-12(13(15)17-18)4-3-7-16-14/h3-8H,1-2H3. The second kappa shape index (κ2) is 4.21. The van der Waals surface area contributed by atoms with Crippen LogP contribution in [0.5, 0.6) is 0 Å². The van der Waals surface area contributed by atoms with Gasteiger partial charge in [0.05, 0.1) is 11.1 Å². The van der Waals surface area contributed by atoms with Gasteiger partial charge in [0, 0.05) is 6.20 Å². The molecule has 0 saturated heterocycles. The molecule has 0 N–H and O–H groups in total. The molecule has 0 radical (unpaired) electrons. The number of aromatic nitrogens is 3. The Labute approximate surface area is 114 Å². The first kappa shape index (κ1) is 11.4. The summed E-state index contributed by atoms with van der Waals surface area (Å²) in [5, 5.41) is 5.53. The average molecular weight is 302 g/mol. The Morgan fingerprint density at radius 3 is 2.72 bits per heavy atom. The summed E-state index contributed by atoms with van der Waals surface area (Å²) in [7, 11) is 0. The van der Waals surface area contributed by atoms with E-state index >= 15 is 0 Å². The molecule has 0 aliphatic rings. The van der Waals surface area contributed by atoms with E-state index in [2.05, 4.69) is 58.1 Å². The van der Waals surface area contributed by atoms with Gasteiger partial charge in [-0.2, -0.15) is 5.10 Å². The molecule has 3 aromatic rings. The van der Waals surface area contributed by atoms with Crippen LogP contribution in [0.3, 0.4) is 0 Å². The smallest absolute Gasteiger partial charge is 0.164 e. The van der Waals surface area contributed by atoms with Crippen LogP contribution in [-0.2, 0) is 0 Å². The first-order chi connectivity index (χ1) is 8.66. The lowest BCUT2D eigenvalue weighted by Crippen LogP contribution is -1.98. The van der Waals surface area contributed by atoms with E-state index in [-0.39, 0.29) is 0 Å². The summed E-state index contributed by atoms with van der Waals surface area (Å²) >= 11 is 3.48. The van der Waals surface area contributed by atoms with Crippen LogP contribution in [-0.4, -0.2) is 14.8 Å². The molecule has 2 heterocycles. The molecule has 1 aromatic carbocycles. The molecule has 3 rings (SSSR count). The van der Waals surface area contributed by atoms with Gasteiger partial charge in [0.1, 0.15) is 4.60 Å². The van der Waals surface area contributed by atoms with Gasteiger partial charge in [0.2, 0.25) is 0 Å². The van der Waals surface area contributed by atoms with E-state index in [1.54, 1.807) is 6.20 Å². The van der Waals surface area contributed by atoms with Crippen molar-refractivity contribution in [3.8, 4) is 5.69 Å². The second-order valence-electron chi connectivity index (χ2n) is 4.35. The number of pyridine rings is 1. The summed E-state index contributed by atoms with van der Waals surface area (Å²) in [6, 6.07) is 10.2. The van der Waals surface area contributed by atoms with E-state index in [1.807, 2.05) is 16.8 Å². The predicted molar refractivity (Wildman–Crippen MR) is 76.0 cm³/mol. The molecule has 0 unspecified atom stereocenters. The minimum Gasteiger partial charge on any atom is -0.236 e. The van der Waals surface area contributed by atoms with Gasteiger partial charge in [-0.15, -0.1) is 0 Å². The summed E-state index contributed by atoms with van der Waals surface area (Å²) in [5.41, 5.74) is 4.44. The zero-order chi connectivity index (χ0) is 12.7. The van der Waals surface area contributed by atoms with Gasteiger partial charge < -0.3 is 0 Å². The highest BCUT2D eigenvalue weighted by Gasteiger charge is 2.10. The number of rotatable bonds is 1. The Hall–Kier alpha value is -1.68. The summed E-state index contributed by atoms with van der Waals surface area (Å²) in [6.45, 7) is 4.21. The van der Waals surface area contributed by atoms with Crippen LogP contribution in [0.4, 0.5) is 0 Å². The van der Waals surface area contributed by atoms with Gasteiger partial charge in [-0.3, -0.25) is 0 Å². The van der Waals surface area contributed by atoms with Crippen LogP contribution in [0.15, 0.2) is 41.1 Å². The van der Waals surface area contributed by atoms with Gasteiger partial charge in [0.15, 0.2) is 5.65 Å². The predicted octanol–water partition coefficient (Wildman–Crippen LogP) is 3.80. The topological polar surface area (TPSA) is 30.7 Å². The lowest BCUT2D eigenvalue weighted by molar-refractivity contribution is 0.884. The number of benzene rings is 1. The highest BCUT2D eigenvalue weighted by Crippen LogP contribution is 2.24. The van der Waals surface area contributed by atoms with Crippen LogP contribution in [0.1, 0.15) is 11.1 Å². The van der Waals surface area contributed by atoms with E-state index < -0.39 is 0 Å². The van der Waals surface area contributed by atoms with Crippen molar-refractivity contribution >= 4 is 27.0 Å². The van der Waals surface area contributed by atoms with Crippen LogP contribution >= 0.6 is 15.9 Å². The zero-order valence-corrected chi connectivity index (χ0v) is 11.8. The molecule has 0 bridgehead atoms. The highest BCUT2D eigenvalue weighted by molar-refractivity contribution is 9.10. The van der Waals surface area contributed by atoms with Crippen molar-refractivity contribution < 1.29 is 0 Å². The Morgan fingerprint density at radius 2 is 1.94 bits per heavy atom. The molecule has 0 aliphatic carbocycles. The van der Waals surface area contributed by atoms with E-state index in [4.69, 9.17) is 0 Å². The van der Waals surface area contributed by atoms with Crippen LogP contribution in [0.2, 0.25) is 0 Å². The largest absolute Gasteiger partial charge is 0.236 e. The third kappa shape index (κ3) is 1.73. The maximum Gasteiger partial charge on any atom is 0.164 e. The van der Waals surface area contributed by atoms with Gasteiger partial charge in [-0.05, 0) is 65.2 Å². The van der Waals surface area contributed by atoms with E-state index in [9.17, 15) is 0 Å². The number of halogens is 1. The first-order valence-electron chi connectivity index (χ1n) is 5.73. The fraction of sp³-hybridized carbons (Fsp3) is 0.143. The third-order valence-electron chi connectivity index (χ3n) is 3.13. The summed E-state index contributed by atoms with van der Waals surface area (Å²) < 4.78 is 2.69. The van der Waals surface area contributed by atoms with Gasteiger partial charge in [0.25, 0.3) is 0 Å². The second-order valence-corrected chi connectivity index (χ2v) is 5.10. The van der Waals surface area contributed by atoms with Crippen molar-refractivity contribution in [3.63, 3.8) is 0 Å². The summed E-state index contributed by atoms with van der Waals surface area (Å²) in [5.74, 6) is 0. The van der Waals surface area contributed by atoms with Crippen LogP contribution < -0.4 is 0 Å². The van der Waals surface area contributed by atoms with E-state index in [0.29, 0.717) is 0 Å². The molecule has 18 heavy (non-hydrogen) atoms. The SMILES string of the molecule is Cc1ccc(-n2nc(Br)c3cccnc32)cc1C. The monoisotopic (exact) mass is 301 g/mol. The minimum atomic E-state index is 0.823. The maximum atomic E-state index is 4.50. The fourth-order valence-corrected chi connectivity index (χ4v) is 2.42. The lowest BCUT2D eigenvalue weighted by atomic mass is 10.1. The lowest BCUT2D eigenvalue weighted by Gasteiger charge is -2.05. The molecule has 0 atom stereocenters. The number of hydrogen-bond donors (Lipinski definition) is 0. The fourth-order valence-electron chi connectivity index (χ4n) is 1.95. The maximum absolute atomic E-state index is 4.50. The summed E-state index contributed by atoms with van der Waals surface area (Å²) in [4.78, 5) is 4.40. The van der Waals surface area contributed by atoms with Crippen LogP contribution in [0, 0.1) is 13.8 Å². The van der Waals surface area contributed by atoms with E-state index in [1.165, 1.54) is 11.1 Å². The molecule has 4 heteroatoms. The van der Waals surface area contributed by atoms with E-state index in [0.717, 1.165) is 21.3 Å². The van der Waals surface area contributed by atoms with Crippen molar-refractivity contribution in [2.75, 3.05) is 0 Å². The Balaban J connectivity index is 2.28. The molecule has 0 spiro atoms. The minimum absolute atomic E-state index is 0.823. The Morgan fingerprint density at radius 1 is 1.11 bits per heavy atom. The number of aryl methyl sites for hydroxylation is 2. The van der Waals surface area contributed by atoms with Crippen LogP contribution in [0.25, 0.3) is 16.7 Å². The first-order valence-corrected chi connectivity index (χ1v) is 6.53. The van der Waals surface area contributed by atoms with Crippen molar-refractivity contribution in [1.29, 1.82) is 0 Å². The van der Waals surface area contributed by atoms with Crippen molar-refractivity contribution in [1.82, 2.24) is 14.8 Å². The molecule has 0 fully saturated rings. The van der Waals surface area contributed by atoms with Gasteiger partial charge >= 0.3 is 0 Å². The molecular weight excluding hydrogens is 290 g/mol. The molecular formula is C14H12BrN3. The number of hydrogen-bond acceptors (Lipinski definition) is 2. The highest BCUT2D eigenvalue weighted by atomic mass is 79.9. The molecule has 90 valence electrons. The molecule has 3 nitrogen and oxygen atoms in total. The van der Waals surface area contributed by atoms with Gasteiger partial charge in [-0.25, -0.2) is 9.67 Å². The Kier molecular flexibility index (Phi) is 2.67. The van der Waals surface area contributed by atoms with Crippen molar-refractivity contribution in [2.45, 2.75) is 13.8 Å². The quantitative estimate of drug-likeness (QED) is 0.684. The third-order valence-corrected chi connectivity index (χ3v) is 3.72. The zero-order valence-electron chi connectivity index (χ0n) is 10.2. The van der Waals surface area contributed by atoms with Crippen molar-refractivity contribution in [2.24, 2.45) is 0 Å². The van der Waals surface area contributed by atoms with Gasteiger partial charge in [-0.1, -0.05) is 6.07 Å². The van der Waals surface area contributed by atoms with Crippen molar-refractivity contribution in [3.05, 3.63) is 52.3 Å². The summed E-state index contributed by atoms with van der Waals surface area (Å²) in [6.07, 6.45) is 1.79. The normalized spacial score (nSPS) is 11.1.